The van der Waals surface area contributed by atoms with Gasteiger partial charge in [-0.3, -0.25) is 19.3 Å². The molecule has 0 aromatic heterocycles. The van der Waals surface area contributed by atoms with Crippen molar-refractivity contribution in [2.24, 2.45) is 0 Å². The maximum atomic E-state index is 13.4. The fourth-order valence-corrected chi connectivity index (χ4v) is 7.93. The van der Waals surface area contributed by atoms with Crippen molar-refractivity contribution in [3.63, 3.8) is 0 Å². The highest BCUT2D eigenvalue weighted by Gasteiger charge is 2.75. The summed E-state index contributed by atoms with van der Waals surface area (Å²) in [5.41, 5.74) is 1.17. The van der Waals surface area contributed by atoms with E-state index in [1.54, 1.807) is 18.0 Å². The Bertz CT molecular complexity index is 1490. The Labute approximate surface area is 240 Å². The average molecular weight is 555 g/mol. The molecule has 8 heteroatoms. The highest BCUT2D eigenvalue weighted by molar-refractivity contribution is 5.94. The molecule has 1 amide bonds. The van der Waals surface area contributed by atoms with E-state index >= 15 is 0 Å². The fourth-order valence-electron chi connectivity index (χ4n) is 7.93. The van der Waals surface area contributed by atoms with Crippen molar-refractivity contribution in [2.45, 2.75) is 68.7 Å². The first-order valence-corrected chi connectivity index (χ1v) is 14.1. The predicted molar refractivity (Wildman–Crippen MR) is 151 cm³/mol. The highest BCUT2D eigenvalue weighted by Crippen LogP contribution is 2.67. The topological polar surface area (TPSA) is 85.4 Å². The van der Waals surface area contributed by atoms with E-state index in [9.17, 15) is 14.4 Å². The van der Waals surface area contributed by atoms with Gasteiger partial charge in [-0.05, 0) is 49.4 Å². The lowest BCUT2D eigenvalue weighted by Crippen LogP contribution is -2.79. The SMILES string of the molecule is C=CCN1CC[C@]23c4c5ccc(OC(C)=O)c4O[C@H]2[C@H](N(C)C(=O)C#Cc2ccccc2)CC[C@@]3(OC(C)=O)[C@H]1C5. The summed E-state index contributed by atoms with van der Waals surface area (Å²) in [7, 11) is 1.76. The van der Waals surface area contributed by atoms with Gasteiger partial charge in [0.2, 0.25) is 0 Å². The van der Waals surface area contributed by atoms with Crippen LogP contribution in [-0.4, -0.2) is 71.6 Å². The molecule has 2 heterocycles. The van der Waals surface area contributed by atoms with Gasteiger partial charge in [-0.1, -0.05) is 36.3 Å². The monoisotopic (exact) mass is 554 g/mol. The third kappa shape index (κ3) is 4.06. The van der Waals surface area contributed by atoms with Crippen LogP contribution in [0.15, 0.2) is 55.1 Å². The fraction of sp³-hybridized carbons (Fsp3) is 0.424. The number of likely N-dealkylation sites (N-methyl/N-ethyl adjacent to an activating group) is 1. The molecule has 2 fully saturated rings. The number of nitrogens with zero attached hydrogens (tertiary/aromatic N) is 2. The number of ether oxygens (including phenoxy) is 3. The van der Waals surface area contributed by atoms with Gasteiger partial charge >= 0.3 is 11.9 Å². The first-order valence-electron chi connectivity index (χ1n) is 14.1. The Hall–Kier alpha value is -4.09. The maximum absolute atomic E-state index is 13.4. The number of hydrogen-bond donors (Lipinski definition) is 0. The van der Waals surface area contributed by atoms with E-state index in [4.69, 9.17) is 14.2 Å². The molecule has 0 N–H and O–H groups in total. The molecule has 0 radical (unpaired) electrons. The Morgan fingerprint density at radius 3 is 2.63 bits per heavy atom. The van der Waals surface area contributed by atoms with Crippen LogP contribution in [0, 0.1) is 11.8 Å². The summed E-state index contributed by atoms with van der Waals surface area (Å²) in [5.74, 6) is 5.52. The number of piperidine rings is 1. The second-order valence-electron chi connectivity index (χ2n) is 11.4. The van der Waals surface area contributed by atoms with Gasteiger partial charge in [-0.25, -0.2) is 0 Å². The van der Waals surface area contributed by atoms with Crippen molar-refractivity contribution in [1.82, 2.24) is 9.80 Å². The van der Waals surface area contributed by atoms with Crippen LogP contribution < -0.4 is 9.47 Å². The van der Waals surface area contributed by atoms with Crippen molar-refractivity contribution >= 4 is 17.8 Å². The molecule has 2 aromatic carbocycles. The lowest BCUT2D eigenvalue weighted by Gasteiger charge is -2.65. The Kier molecular flexibility index (Phi) is 6.66. The summed E-state index contributed by atoms with van der Waals surface area (Å²) in [6.07, 6.45) is 3.77. The second-order valence-corrected chi connectivity index (χ2v) is 11.4. The summed E-state index contributed by atoms with van der Waals surface area (Å²) >= 11 is 0. The first-order chi connectivity index (χ1) is 19.7. The molecule has 2 aromatic rings. The molecule has 1 spiro atoms. The lowest BCUT2D eigenvalue weighted by atomic mass is 9.48. The number of amides is 1. The summed E-state index contributed by atoms with van der Waals surface area (Å²) in [4.78, 5) is 42.3. The van der Waals surface area contributed by atoms with Gasteiger partial charge in [0, 0.05) is 51.0 Å². The molecule has 212 valence electrons. The molecule has 1 saturated heterocycles. The highest BCUT2D eigenvalue weighted by atomic mass is 16.6. The number of carbonyl (C=O) groups is 3. The van der Waals surface area contributed by atoms with Crippen LogP contribution in [0.4, 0.5) is 0 Å². The van der Waals surface area contributed by atoms with Gasteiger partial charge < -0.3 is 19.1 Å². The zero-order valence-electron chi connectivity index (χ0n) is 23.6. The van der Waals surface area contributed by atoms with Crippen LogP contribution in [0.3, 0.4) is 0 Å². The number of rotatable bonds is 5. The second kappa shape index (κ2) is 10.1. The largest absolute Gasteiger partial charge is 0.483 e. The van der Waals surface area contributed by atoms with Gasteiger partial charge in [0.25, 0.3) is 5.91 Å². The van der Waals surface area contributed by atoms with Crippen molar-refractivity contribution in [3.05, 3.63) is 71.8 Å². The minimum atomic E-state index is -0.881. The summed E-state index contributed by atoms with van der Waals surface area (Å²) in [5, 5.41) is 0. The van der Waals surface area contributed by atoms with Gasteiger partial charge in [-0.2, -0.15) is 0 Å². The molecule has 6 rings (SSSR count). The lowest BCUT2D eigenvalue weighted by molar-refractivity contribution is -0.222. The van der Waals surface area contributed by atoms with Crippen molar-refractivity contribution in [2.75, 3.05) is 20.1 Å². The van der Waals surface area contributed by atoms with Crippen molar-refractivity contribution in [1.29, 1.82) is 0 Å². The van der Waals surface area contributed by atoms with Gasteiger partial charge in [-0.15, -0.1) is 6.58 Å². The molecule has 0 unspecified atom stereocenters. The maximum Gasteiger partial charge on any atom is 0.308 e. The van der Waals surface area contributed by atoms with Gasteiger partial charge in [0.05, 0.1) is 17.5 Å². The van der Waals surface area contributed by atoms with E-state index in [-0.39, 0.29) is 24.0 Å². The summed E-state index contributed by atoms with van der Waals surface area (Å²) < 4.78 is 18.9. The Morgan fingerprint density at radius 2 is 1.93 bits per heavy atom. The number of esters is 2. The molecular weight excluding hydrogens is 520 g/mol. The Morgan fingerprint density at radius 1 is 1.15 bits per heavy atom. The molecule has 2 aliphatic carbocycles. The van der Waals surface area contributed by atoms with Crippen LogP contribution in [0.2, 0.25) is 0 Å². The van der Waals surface area contributed by atoms with E-state index in [2.05, 4.69) is 23.3 Å². The third-order valence-electron chi connectivity index (χ3n) is 9.33. The average Bonchev–Trinajstić information content (AvgIpc) is 3.29. The quantitative estimate of drug-likeness (QED) is 0.242. The van der Waals surface area contributed by atoms with E-state index in [1.807, 2.05) is 42.5 Å². The van der Waals surface area contributed by atoms with Crippen LogP contribution in [0.25, 0.3) is 0 Å². The molecular formula is C33H34N2O6. The zero-order valence-corrected chi connectivity index (χ0v) is 23.6. The van der Waals surface area contributed by atoms with E-state index in [0.29, 0.717) is 43.7 Å². The summed E-state index contributed by atoms with van der Waals surface area (Å²) in [6, 6.07) is 12.7. The molecule has 8 nitrogen and oxygen atoms in total. The molecule has 1 saturated carbocycles. The molecule has 5 atom stereocenters. The van der Waals surface area contributed by atoms with Gasteiger partial charge in [0.15, 0.2) is 11.5 Å². The number of carbonyl (C=O) groups excluding carboxylic acids is 3. The van der Waals surface area contributed by atoms with Crippen LogP contribution in [0.5, 0.6) is 11.5 Å². The number of likely N-dealkylation sites (tertiary alicyclic amines) is 1. The molecule has 2 aliphatic heterocycles. The minimum Gasteiger partial charge on any atom is -0.483 e. The normalized spacial score (nSPS) is 28.7. The predicted octanol–water partition coefficient (Wildman–Crippen LogP) is 3.40. The molecule has 2 bridgehead atoms. The Balaban J connectivity index is 1.48. The number of benzene rings is 2. The van der Waals surface area contributed by atoms with E-state index in [0.717, 1.165) is 23.2 Å². The zero-order chi connectivity index (χ0) is 28.9. The van der Waals surface area contributed by atoms with Crippen molar-refractivity contribution in [3.8, 4) is 23.3 Å². The first kappa shape index (κ1) is 27.1. The molecule has 41 heavy (non-hydrogen) atoms. The molecule has 4 aliphatic rings. The third-order valence-corrected chi connectivity index (χ3v) is 9.33. The van der Waals surface area contributed by atoms with Crippen LogP contribution >= 0.6 is 0 Å². The van der Waals surface area contributed by atoms with E-state index < -0.39 is 23.1 Å². The van der Waals surface area contributed by atoms with Crippen LogP contribution in [0.1, 0.15) is 49.8 Å². The standard InChI is InChI=1S/C33H34N2O6/c1-5-18-35-19-17-32-29-24-12-13-26(39-21(2)36)30(29)40-31(32)25(15-16-33(32,27(35)20-24)41-22(3)37)34(4)28(38)14-11-23-9-7-6-8-10-23/h5-10,12-13,25,27,31H,1,15-20H2,2-4H3/t25-,27-,31+,32+,33-/m1/s1. The van der Waals surface area contributed by atoms with Crippen molar-refractivity contribution < 1.29 is 28.6 Å². The van der Waals surface area contributed by atoms with E-state index in [1.165, 1.54) is 13.8 Å². The van der Waals surface area contributed by atoms with Crippen LogP contribution in [-0.2, 0) is 31.0 Å². The number of hydrogen-bond acceptors (Lipinski definition) is 7. The smallest absolute Gasteiger partial charge is 0.308 e. The minimum absolute atomic E-state index is 0.0953. The van der Waals surface area contributed by atoms with Gasteiger partial charge in [0.1, 0.15) is 11.7 Å². The summed E-state index contributed by atoms with van der Waals surface area (Å²) in [6.45, 7) is 8.20.